The van der Waals surface area contributed by atoms with Gasteiger partial charge in [0, 0.05) is 13.0 Å². The van der Waals surface area contributed by atoms with Gasteiger partial charge in [0.05, 0.1) is 6.04 Å². The molecule has 0 bridgehead atoms. The Bertz CT molecular complexity index is 326. The number of carbonyl (C=O) groups is 2. The molecule has 0 spiro atoms. The van der Waals surface area contributed by atoms with E-state index in [-0.39, 0.29) is 17.7 Å². The molecule has 0 aliphatic carbocycles. The molecule has 0 aliphatic heterocycles. The molecule has 0 radical (unpaired) electrons. The molecule has 7 nitrogen and oxygen atoms in total. The number of hydrogen-bond donors (Lipinski definition) is 5. The highest BCUT2D eigenvalue weighted by Crippen LogP contribution is 1.98. The van der Waals surface area contributed by atoms with Crippen molar-refractivity contribution in [2.24, 2.45) is 5.73 Å². The van der Waals surface area contributed by atoms with Gasteiger partial charge < -0.3 is 31.8 Å². The number of hydrogen-bond acceptors (Lipinski definition) is 6. The van der Waals surface area contributed by atoms with E-state index in [4.69, 9.17) is 5.73 Å². The highest BCUT2D eigenvalue weighted by molar-refractivity contribution is 5.83. The second-order valence-electron chi connectivity index (χ2n) is 6.08. The minimum atomic E-state index is -0.284. The second kappa shape index (κ2) is 16.8. The van der Waals surface area contributed by atoms with Crippen molar-refractivity contribution in [1.82, 2.24) is 21.3 Å². The normalized spacial score (nSPS) is 12.1. The molecular formula is C17H37N5O2. The van der Waals surface area contributed by atoms with Crippen LogP contribution in [-0.2, 0) is 9.59 Å². The quantitative estimate of drug-likeness (QED) is 0.233. The van der Waals surface area contributed by atoms with E-state index in [9.17, 15) is 9.59 Å². The van der Waals surface area contributed by atoms with Crippen LogP contribution in [0.3, 0.4) is 0 Å². The molecule has 0 saturated heterocycles. The number of likely N-dealkylation sites (N-methyl/N-ethyl adjacent to an activating group) is 1. The first-order chi connectivity index (χ1) is 11.6. The van der Waals surface area contributed by atoms with Crippen molar-refractivity contribution in [1.29, 1.82) is 0 Å². The largest absolute Gasteiger partial charge is 0.355 e. The molecule has 142 valence electrons. The number of rotatable bonds is 17. The SMILES string of the molecule is CNC(CCC(C)=O)C(=O)NCCCNCCCCNCCCN. The zero-order valence-electron chi connectivity index (χ0n) is 15.5. The van der Waals surface area contributed by atoms with Gasteiger partial charge in [0.15, 0.2) is 0 Å². The van der Waals surface area contributed by atoms with Gasteiger partial charge in [-0.15, -0.1) is 0 Å². The number of nitrogens with two attached hydrogens (primary N) is 1. The van der Waals surface area contributed by atoms with Crippen molar-refractivity contribution < 1.29 is 9.59 Å². The van der Waals surface area contributed by atoms with Gasteiger partial charge in [0.25, 0.3) is 0 Å². The van der Waals surface area contributed by atoms with Gasteiger partial charge in [0.1, 0.15) is 5.78 Å². The fraction of sp³-hybridized carbons (Fsp3) is 0.882. The molecule has 6 N–H and O–H groups in total. The van der Waals surface area contributed by atoms with Crippen molar-refractivity contribution >= 4 is 11.7 Å². The van der Waals surface area contributed by atoms with Crippen molar-refractivity contribution in [3.8, 4) is 0 Å². The summed E-state index contributed by atoms with van der Waals surface area (Å²) in [7, 11) is 1.75. The van der Waals surface area contributed by atoms with Crippen LogP contribution in [0.4, 0.5) is 0 Å². The van der Waals surface area contributed by atoms with E-state index in [1.54, 1.807) is 14.0 Å². The molecule has 0 aliphatic rings. The molecule has 0 fully saturated rings. The van der Waals surface area contributed by atoms with Crippen LogP contribution in [-0.4, -0.2) is 64.0 Å². The van der Waals surface area contributed by atoms with Crippen LogP contribution in [0, 0.1) is 0 Å². The Morgan fingerprint density at radius 3 is 2.04 bits per heavy atom. The summed E-state index contributed by atoms with van der Waals surface area (Å²) in [5.41, 5.74) is 5.43. The van der Waals surface area contributed by atoms with E-state index in [1.807, 2.05) is 0 Å². The molecule has 1 amide bonds. The summed E-state index contributed by atoms with van der Waals surface area (Å²) in [5, 5.41) is 12.6. The highest BCUT2D eigenvalue weighted by atomic mass is 16.2. The lowest BCUT2D eigenvalue weighted by Crippen LogP contribution is -2.43. The molecule has 1 unspecified atom stereocenters. The summed E-state index contributed by atoms with van der Waals surface area (Å²) in [6.45, 7) is 6.91. The van der Waals surface area contributed by atoms with Gasteiger partial charge in [-0.25, -0.2) is 0 Å². The number of nitrogens with one attached hydrogen (secondary N) is 4. The molecule has 0 aromatic heterocycles. The van der Waals surface area contributed by atoms with Gasteiger partial charge in [-0.05, 0) is 78.8 Å². The third kappa shape index (κ3) is 14.6. The Balaban J connectivity index is 3.42. The number of ketones is 1. The first-order valence-electron chi connectivity index (χ1n) is 9.17. The number of amides is 1. The molecule has 24 heavy (non-hydrogen) atoms. The van der Waals surface area contributed by atoms with E-state index < -0.39 is 0 Å². The summed E-state index contributed by atoms with van der Waals surface area (Å²) in [6.07, 6.45) is 5.23. The fourth-order valence-corrected chi connectivity index (χ4v) is 2.28. The molecule has 0 heterocycles. The molecular weight excluding hydrogens is 306 g/mol. The van der Waals surface area contributed by atoms with E-state index in [0.717, 1.165) is 58.4 Å². The minimum absolute atomic E-state index is 0.0256. The number of carbonyl (C=O) groups excluding carboxylic acids is 2. The topological polar surface area (TPSA) is 108 Å². The number of unbranched alkanes of at least 4 members (excludes halogenated alkanes) is 1. The lowest BCUT2D eigenvalue weighted by molar-refractivity contribution is -0.123. The molecule has 0 aromatic rings. The summed E-state index contributed by atoms with van der Waals surface area (Å²) < 4.78 is 0. The molecule has 1 atom stereocenters. The molecule has 0 saturated carbocycles. The van der Waals surface area contributed by atoms with Crippen molar-refractivity contribution in [3.63, 3.8) is 0 Å². The van der Waals surface area contributed by atoms with E-state index >= 15 is 0 Å². The third-order valence-electron chi connectivity index (χ3n) is 3.79. The summed E-state index contributed by atoms with van der Waals surface area (Å²) in [6, 6.07) is -0.284. The zero-order valence-corrected chi connectivity index (χ0v) is 15.5. The molecule has 7 heteroatoms. The monoisotopic (exact) mass is 343 g/mol. The van der Waals surface area contributed by atoms with E-state index in [1.165, 1.54) is 0 Å². The molecule has 0 rings (SSSR count). The Morgan fingerprint density at radius 1 is 0.917 bits per heavy atom. The van der Waals surface area contributed by atoms with Crippen LogP contribution >= 0.6 is 0 Å². The average molecular weight is 344 g/mol. The standard InChI is InChI=1S/C17H37N5O2/c1-15(23)7-8-16(19-2)17(24)22-14-6-13-21-11-4-3-10-20-12-5-9-18/h16,19-21H,3-14,18H2,1-2H3,(H,22,24). The van der Waals surface area contributed by atoms with Crippen LogP contribution in [0.15, 0.2) is 0 Å². The highest BCUT2D eigenvalue weighted by Gasteiger charge is 2.15. The summed E-state index contributed by atoms with van der Waals surface area (Å²) >= 11 is 0. The van der Waals surface area contributed by atoms with Crippen LogP contribution in [0.2, 0.25) is 0 Å². The minimum Gasteiger partial charge on any atom is -0.355 e. The maximum absolute atomic E-state index is 11.9. The maximum Gasteiger partial charge on any atom is 0.237 e. The van der Waals surface area contributed by atoms with Crippen molar-refractivity contribution in [2.75, 3.05) is 46.3 Å². The maximum atomic E-state index is 11.9. The fourth-order valence-electron chi connectivity index (χ4n) is 2.28. The Morgan fingerprint density at radius 2 is 1.50 bits per heavy atom. The first kappa shape index (κ1) is 23.0. The third-order valence-corrected chi connectivity index (χ3v) is 3.79. The lowest BCUT2D eigenvalue weighted by Gasteiger charge is -2.15. The van der Waals surface area contributed by atoms with Crippen LogP contribution < -0.4 is 27.0 Å². The van der Waals surface area contributed by atoms with E-state index in [2.05, 4.69) is 21.3 Å². The summed E-state index contributed by atoms with van der Waals surface area (Å²) in [4.78, 5) is 22.9. The van der Waals surface area contributed by atoms with E-state index in [0.29, 0.717) is 19.4 Å². The Hall–Kier alpha value is -1.02. The predicted octanol–water partition coefficient (Wildman–Crippen LogP) is -0.242. The van der Waals surface area contributed by atoms with Crippen molar-refractivity contribution in [2.45, 2.75) is 51.5 Å². The Labute approximate surface area is 146 Å². The van der Waals surface area contributed by atoms with Gasteiger partial charge in [0.2, 0.25) is 5.91 Å². The summed E-state index contributed by atoms with van der Waals surface area (Å²) in [5.74, 6) is 0.0872. The predicted molar refractivity (Wildman–Crippen MR) is 99.0 cm³/mol. The lowest BCUT2D eigenvalue weighted by atomic mass is 10.1. The Kier molecular flexibility index (Phi) is 16.1. The molecule has 0 aromatic carbocycles. The van der Waals surface area contributed by atoms with Crippen molar-refractivity contribution in [3.05, 3.63) is 0 Å². The zero-order chi connectivity index (χ0) is 18.0. The second-order valence-corrected chi connectivity index (χ2v) is 6.08. The van der Waals surface area contributed by atoms with Gasteiger partial charge in [-0.2, -0.15) is 0 Å². The van der Waals surface area contributed by atoms with Crippen LogP contribution in [0.5, 0.6) is 0 Å². The average Bonchev–Trinajstić information content (AvgIpc) is 2.56. The van der Waals surface area contributed by atoms with Crippen LogP contribution in [0.25, 0.3) is 0 Å². The number of Topliss-reactive ketones (excluding diaryl/α,β-unsaturated/α-hetero) is 1. The smallest absolute Gasteiger partial charge is 0.237 e. The van der Waals surface area contributed by atoms with Gasteiger partial charge in [-0.3, -0.25) is 4.79 Å². The first-order valence-corrected chi connectivity index (χ1v) is 9.17. The van der Waals surface area contributed by atoms with Gasteiger partial charge in [-0.1, -0.05) is 0 Å². The van der Waals surface area contributed by atoms with Gasteiger partial charge >= 0.3 is 0 Å². The van der Waals surface area contributed by atoms with Crippen LogP contribution in [0.1, 0.15) is 45.4 Å².